The number of phenols is 2. The number of esters is 1. The number of hydrogen-bond acceptors (Lipinski definition) is 9. The van der Waals surface area contributed by atoms with Crippen molar-refractivity contribution >= 4 is 24.0 Å². The molecule has 11 heteroatoms. The Hall–Kier alpha value is -4.25. The number of carboxylic acids is 2. The Labute approximate surface area is 187 Å². The number of ether oxygens (including phenoxy) is 3. The highest BCUT2D eigenvalue weighted by Crippen LogP contribution is 2.37. The lowest BCUT2D eigenvalue weighted by atomic mass is 9.88. The number of aromatic hydroxyl groups is 2. The minimum absolute atomic E-state index is 0.0416. The van der Waals surface area contributed by atoms with E-state index in [1.54, 1.807) is 0 Å². The number of phenolic OH excluding ortho intramolecular Hbond substituents is 2. The first-order valence-corrected chi connectivity index (χ1v) is 9.32. The van der Waals surface area contributed by atoms with E-state index in [1.165, 1.54) is 56.7 Å². The first kappa shape index (κ1) is 25.0. The molecule has 2 aromatic rings. The summed E-state index contributed by atoms with van der Waals surface area (Å²) in [4.78, 5) is 35.7. The molecule has 2 rings (SSSR count). The summed E-state index contributed by atoms with van der Waals surface area (Å²) in [6.07, 6.45) is -1.18. The second-order valence-corrected chi connectivity index (χ2v) is 6.84. The van der Waals surface area contributed by atoms with Crippen molar-refractivity contribution in [2.75, 3.05) is 14.2 Å². The zero-order valence-electron chi connectivity index (χ0n) is 17.6. The summed E-state index contributed by atoms with van der Waals surface area (Å²) < 4.78 is 14.8. The van der Waals surface area contributed by atoms with Crippen molar-refractivity contribution < 1.29 is 54.1 Å². The van der Waals surface area contributed by atoms with Crippen LogP contribution in [0.3, 0.4) is 0 Å². The molecule has 0 aliphatic heterocycles. The molecule has 2 atom stereocenters. The van der Waals surface area contributed by atoms with E-state index in [4.69, 9.17) is 14.2 Å². The van der Waals surface area contributed by atoms with Crippen molar-refractivity contribution in [3.8, 4) is 23.0 Å². The second-order valence-electron chi connectivity index (χ2n) is 6.84. The molecule has 0 radical (unpaired) electrons. The molecule has 0 bridgehead atoms. The van der Waals surface area contributed by atoms with E-state index < -0.39 is 36.0 Å². The van der Waals surface area contributed by atoms with Gasteiger partial charge in [0.15, 0.2) is 11.5 Å². The van der Waals surface area contributed by atoms with Crippen molar-refractivity contribution in [1.82, 2.24) is 0 Å². The highest BCUT2D eigenvalue weighted by Gasteiger charge is 2.51. The highest BCUT2D eigenvalue weighted by molar-refractivity contribution is 5.93. The minimum Gasteiger partial charge on any atom is -0.508 e. The molecule has 0 saturated carbocycles. The Kier molecular flexibility index (Phi) is 7.86. The van der Waals surface area contributed by atoms with E-state index >= 15 is 0 Å². The van der Waals surface area contributed by atoms with Gasteiger partial charge in [0.25, 0.3) is 0 Å². The molecule has 2 unspecified atom stereocenters. The maximum atomic E-state index is 12.3. The van der Waals surface area contributed by atoms with Crippen molar-refractivity contribution in [1.29, 1.82) is 0 Å². The van der Waals surface area contributed by atoms with Crippen molar-refractivity contribution in [2.45, 2.75) is 18.1 Å². The lowest BCUT2D eigenvalue weighted by Gasteiger charge is -2.29. The van der Waals surface area contributed by atoms with E-state index in [1.807, 2.05) is 0 Å². The topological polar surface area (TPSA) is 180 Å². The summed E-state index contributed by atoms with van der Waals surface area (Å²) in [5.74, 6) is -5.36. The van der Waals surface area contributed by atoms with E-state index in [-0.39, 0.29) is 28.6 Å². The average molecular weight is 462 g/mol. The normalized spacial score (nSPS) is 13.7. The smallest absolute Gasteiger partial charge is 0.348 e. The van der Waals surface area contributed by atoms with E-state index in [2.05, 4.69) is 0 Å². The predicted molar refractivity (Wildman–Crippen MR) is 112 cm³/mol. The molecule has 0 aromatic heterocycles. The Morgan fingerprint density at radius 3 is 2.00 bits per heavy atom. The SMILES string of the molecule is COc1cc(C=CC(=O)OC(C(=O)O)C(O)(Cc2ccc(O)cc2)C(=O)O)cc(OC)c1O. The van der Waals surface area contributed by atoms with E-state index in [0.29, 0.717) is 5.56 Å². The zero-order chi connectivity index (χ0) is 24.8. The molecule has 2 aromatic carbocycles. The number of hydrogen-bond donors (Lipinski definition) is 5. The molecule has 33 heavy (non-hydrogen) atoms. The van der Waals surface area contributed by atoms with Crippen LogP contribution in [0, 0.1) is 0 Å². The summed E-state index contributed by atoms with van der Waals surface area (Å²) in [5.41, 5.74) is -2.51. The van der Waals surface area contributed by atoms with Gasteiger partial charge in [0.05, 0.1) is 14.2 Å². The third-order valence-corrected chi connectivity index (χ3v) is 4.59. The molecule has 0 fully saturated rings. The fourth-order valence-corrected chi connectivity index (χ4v) is 2.89. The van der Waals surface area contributed by atoms with Crippen LogP contribution in [0.4, 0.5) is 0 Å². The molecule has 11 nitrogen and oxygen atoms in total. The van der Waals surface area contributed by atoms with Crippen LogP contribution in [-0.4, -0.2) is 69.4 Å². The number of aliphatic hydroxyl groups is 1. The lowest BCUT2D eigenvalue weighted by molar-refractivity contribution is -0.192. The third-order valence-electron chi connectivity index (χ3n) is 4.59. The maximum Gasteiger partial charge on any atom is 0.348 e. The Morgan fingerprint density at radius 2 is 1.55 bits per heavy atom. The van der Waals surface area contributed by atoms with Crippen LogP contribution in [0.2, 0.25) is 0 Å². The number of rotatable bonds is 10. The van der Waals surface area contributed by atoms with Crippen LogP contribution in [0.1, 0.15) is 11.1 Å². The number of methoxy groups -OCH3 is 2. The molecule has 176 valence electrons. The second kappa shape index (κ2) is 10.4. The van der Waals surface area contributed by atoms with Gasteiger partial charge in [-0.05, 0) is 41.5 Å². The largest absolute Gasteiger partial charge is 0.508 e. The summed E-state index contributed by atoms with van der Waals surface area (Å²) in [5, 5.41) is 48.9. The van der Waals surface area contributed by atoms with E-state index in [9.17, 15) is 39.9 Å². The zero-order valence-corrected chi connectivity index (χ0v) is 17.6. The molecule has 0 spiro atoms. The Bertz CT molecular complexity index is 1030. The molecule has 0 aliphatic rings. The standard InChI is InChI=1S/C22H22O11/c1-31-15-9-13(10-16(32-2)18(15)25)5-8-17(24)33-19(20(26)27)22(30,21(28)29)11-12-3-6-14(23)7-4-12/h3-10,19,23,25,30H,11H2,1-2H3,(H,26,27)(H,28,29). The molecule has 0 amide bonds. The molecule has 0 saturated heterocycles. The lowest BCUT2D eigenvalue weighted by Crippen LogP contribution is -2.56. The van der Waals surface area contributed by atoms with Crippen LogP contribution >= 0.6 is 0 Å². The number of carbonyl (C=O) groups is 3. The fraction of sp³-hybridized carbons (Fsp3) is 0.227. The number of aliphatic carboxylic acids is 2. The van der Waals surface area contributed by atoms with Crippen molar-refractivity contribution in [2.24, 2.45) is 0 Å². The highest BCUT2D eigenvalue weighted by atomic mass is 16.6. The van der Waals surface area contributed by atoms with Gasteiger partial charge in [0, 0.05) is 12.5 Å². The van der Waals surface area contributed by atoms with Gasteiger partial charge >= 0.3 is 17.9 Å². The maximum absolute atomic E-state index is 12.3. The Morgan fingerprint density at radius 1 is 1.00 bits per heavy atom. The number of carboxylic acid groups (broad SMARTS) is 2. The Balaban J connectivity index is 2.28. The van der Waals surface area contributed by atoms with Gasteiger partial charge < -0.3 is 39.7 Å². The van der Waals surface area contributed by atoms with Crippen LogP contribution in [0.15, 0.2) is 42.5 Å². The van der Waals surface area contributed by atoms with Gasteiger partial charge in [0.2, 0.25) is 17.5 Å². The van der Waals surface area contributed by atoms with Gasteiger partial charge in [-0.2, -0.15) is 0 Å². The monoisotopic (exact) mass is 462 g/mol. The van der Waals surface area contributed by atoms with Crippen molar-refractivity contribution in [3.63, 3.8) is 0 Å². The minimum atomic E-state index is -3.00. The van der Waals surface area contributed by atoms with Crippen LogP contribution < -0.4 is 9.47 Å². The molecular weight excluding hydrogens is 440 g/mol. The van der Waals surface area contributed by atoms with Crippen molar-refractivity contribution in [3.05, 3.63) is 53.6 Å². The van der Waals surface area contributed by atoms with Crippen LogP contribution in [-0.2, 0) is 25.5 Å². The number of carbonyl (C=O) groups excluding carboxylic acids is 1. The summed E-state index contributed by atoms with van der Waals surface area (Å²) in [6.45, 7) is 0. The molecule has 5 N–H and O–H groups in total. The fourth-order valence-electron chi connectivity index (χ4n) is 2.89. The van der Waals surface area contributed by atoms with Gasteiger partial charge in [-0.15, -0.1) is 0 Å². The van der Waals surface area contributed by atoms with E-state index in [0.717, 1.165) is 6.08 Å². The van der Waals surface area contributed by atoms with Crippen LogP contribution in [0.25, 0.3) is 6.08 Å². The van der Waals surface area contributed by atoms with Gasteiger partial charge in [-0.1, -0.05) is 12.1 Å². The first-order chi connectivity index (χ1) is 15.5. The number of benzene rings is 2. The molecular formula is C22H22O11. The molecule has 0 aliphatic carbocycles. The average Bonchev–Trinajstić information content (AvgIpc) is 2.77. The molecule has 0 heterocycles. The summed E-state index contributed by atoms with van der Waals surface area (Å²) in [7, 11) is 2.60. The summed E-state index contributed by atoms with van der Waals surface area (Å²) >= 11 is 0. The van der Waals surface area contributed by atoms with Gasteiger partial charge in [-0.3, -0.25) is 0 Å². The summed E-state index contributed by atoms with van der Waals surface area (Å²) in [6, 6.07) is 7.74. The van der Waals surface area contributed by atoms with Gasteiger partial charge in [-0.25, -0.2) is 14.4 Å². The first-order valence-electron chi connectivity index (χ1n) is 9.32. The third kappa shape index (κ3) is 5.92. The predicted octanol–water partition coefficient (Wildman–Crippen LogP) is 1.18. The van der Waals surface area contributed by atoms with Gasteiger partial charge in [0.1, 0.15) is 5.75 Å². The van der Waals surface area contributed by atoms with Crippen LogP contribution in [0.5, 0.6) is 23.0 Å². The quantitative estimate of drug-likeness (QED) is 0.253.